The van der Waals surface area contributed by atoms with E-state index in [0.29, 0.717) is 5.69 Å². The van der Waals surface area contributed by atoms with Crippen LogP contribution in [0.15, 0.2) is 26.7 Å². The summed E-state index contributed by atoms with van der Waals surface area (Å²) in [7, 11) is 0. The Morgan fingerprint density at radius 3 is 2.60 bits per heavy atom. The van der Waals surface area contributed by atoms with E-state index in [1.54, 1.807) is 11.0 Å². The zero-order valence-corrected chi connectivity index (χ0v) is 13.3. The number of guanidine groups is 2. The number of fused-ring (bicyclic) bond motifs is 1. The van der Waals surface area contributed by atoms with Gasteiger partial charge in [0.25, 0.3) is 0 Å². The number of aliphatic imine (C=N–C) groups is 2. The number of anilines is 1. The first-order valence-corrected chi connectivity index (χ1v) is 7.91. The number of nitro groups is 1. The molecule has 1 aromatic carbocycles. The number of aromatic nitrogens is 2. The van der Waals surface area contributed by atoms with Gasteiger partial charge in [0, 0.05) is 6.07 Å². The van der Waals surface area contributed by atoms with E-state index in [4.69, 9.17) is 16.1 Å². The van der Waals surface area contributed by atoms with Gasteiger partial charge in [-0.1, -0.05) is 6.42 Å². The highest BCUT2D eigenvalue weighted by molar-refractivity contribution is 6.09. The molecule has 130 valence electrons. The van der Waals surface area contributed by atoms with Crippen LogP contribution in [0.5, 0.6) is 0 Å². The van der Waals surface area contributed by atoms with Crippen LogP contribution >= 0.6 is 0 Å². The number of non-ortho nitro benzene ring substituents is 1. The summed E-state index contributed by atoms with van der Waals surface area (Å²) in [5.41, 5.74) is 12.0. The highest BCUT2D eigenvalue weighted by atomic mass is 16.6. The minimum atomic E-state index is -0.670. The molecule has 0 amide bonds. The van der Waals surface area contributed by atoms with Gasteiger partial charge in [-0.25, -0.2) is 9.62 Å². The van der Waals surface area contributed by atoms with E-state index < -0.39 is 10.6 Å². The Bertz CT molecular complexity index is 912. The summed E-state index contributed by atoms with van der Waals surface area (Å²) in [5, 5.41) is 18.7. The maximum Gasteiger partial charge on any atom is 0.300 e. The molecule has 1 saturated carbocycles. The zero-order chi connectivity index (χ0) is 17.6. The molecule has 1 spiro atoms. The van der Waals surface area contributed by atoms with Crippen molar-refractivity contribution in [2.75, 3.05) is 4.90 Å². The summed E-state index contributed by atoms with van der Waals surface area (Å²) in [5.74, 6) is 0.305. The van der Waals surface area contributed by atoms with Crippen LogP contribution in [0.4, 0.5) is 11.4 Å². The van der Waals surface area contributed by atoms with Gasteiger partial charge in [0.2, 0.25) is 17.4 Å². The van der Waals surface area contributed by atoms with Crippen molar-refractivity contribution in [3.63, 3.8) is 0 Å². The maximum absolute atomic E-state index is 11.2. The molecule has 0 atom stereocenters. The SMILES string of the molecule is NC1=NC2(CCCCC2)N(c2ccc([N+](=O)[O-])c3nonc23)C(N)=N1. The van der Waals surface area contributed by atoms with E-state index in [0.717, 1.165) is 32.1 Å². The van der Waals surface area contributed by atoms with Gasteiger partial charge in [-0.15, -0.1) is 0 Å². The molecule has 2 aliphatic rings. The molecule has 1 aromatic heterocycles. The lowest BCUT2D eigenvalue weighted by Gasteiger charge is -2.45. The van der Waals surface area contributed by atoms with E-state index in [9.17, 15) is 10.1 Å². The standard InChI is InChI=1S/C14H16N8O3/c15-12-17-13(16)21(14(18-12)6-2-1-3-7-14)8-4-5-9(22(23)24)11-10(8)19-25-20-11/h4-5H,1-3,6-7H2,(H4,15,16,17,18). The fourth-order valence-electron chi connectivity index (χ4n) is 3.64. The molecule has 2 heterocycles. The topological polar surface area (TPSA) is 162 Å². The average Bonchev–Trinajstić information content (AvgIpc) is 3.04. The first kappa shape index (κ1) is 15.3. The number of hydrogen-bond donors (Lipinski definition) is 2. The molecule has 1 aliphatic carbocycles. The van der Waals surface area contributed by atoms with E-state index in [-0.39, 0.29) is 28.6 Å². The number of nitrogens with two attached hydrogens (primary N) is 2. The first-order valence-electron chi connectivity index (χ1n) is 7.91. The van der Waals surface area contributed by atoms with Crippen molar-refractivity contribution in [1.82, 2.24) is 10.3 Å². The van der Waals surface area contributed by atoms with Crippen LogP contribution in [0.1, 0.15) is 32.1 Å². The number of benzene rings is 1. The monoisotopic (exact) mass is 344 g/mol. The van der Waals surface area contributed by atoms with Crippen molar-refractivity contribution >= 4 is 34.3 Å². The minimum Gasteiger partial charge on any atom is -0.369 e. The molecule has 1 fully saturated rings. The Kier molecular flexibility index (Phi) is 3.30. The Labute approximate surface area is 141 Å². The lowest BCUT2D eigenvalue weighted by molar-refractivity contribution is -0.383. The predicted molar refractivity (Wildman–Crippen MR) is 90.0 cm³/mol. The number of rotatable bonds is 2. The van der Waals surface area contributed by atoms with Crippen molar-refractivity contribution in [2.24, 2.45) is 21.5 Å². The van der Waals surface area contributed by atoms with E-state index in [1.807, 2.05) is 0 Å². The molecule has 4 N–H and O–H groups in total. The number of nitro benzene ring substituents is 1. The van der Waals surface area contributed by atoms with Crippen LogP contribution in [-0.2, 0) is 0 Å². The Balaban J connectivity index is 1.92. The second-order valence-corrected chi connectivity index (χ2v) is 6.14. The maximum atomic E-state index is 11.2. The van der Waals surface area contributed by atoms with Crippen LogP contribution in [0.3, 0.4) is 0 Å². The first-order chi connectivity index (χ1) is 12.0. The molecule has 0 saturated heterocycles. The van der Waals surface area contributed by atoms with Gasteiger partial charge in [-0.05, 0) is 42.1 Å². The summed E-state index contributed by atoms with van der Waals surface area (Å²) in [4.78, 5) is 21.1. The minimum absolute atomic E-state index is 0.0591. The third kappa shape index (κ3) is 2.27. The van der Waals surface area contributed by atoms with Crippen LogP contribution in [0, 0.1) is 10.1 Å². The summed E-state index contributed by atoms with van der Waals surface area (Å²) >= 11 is 0. The summed E-state index contributed by atoms with van der Waals surface area (Å²) in [6.07, 6.45) is 4.52. The molecule has 11 heteroatoms. The highest BCUT2D eigenvalue weighted by Gasteiger charge is 2.44. The van der Waals surface area contributed by atoms with Gasteiger partial charge in [0.15, 0.2) is 5.52 Å². The van der Waals surface area contributed by atoms with Crippen molar-refractivity contribution in [1.29, 1.82) is 0 Å². The molecule has 1 aliphatic heterocycles. The summed E-state index contributed by atoms with van der Waals surface area (Å²) in [6, 6.07) is 2.92. The third-order valence-electron chi connectivity index (χ3n) is 4.66. The van der Waals surface area contributed by atoms with Crippen LogP contribution in [-0.4, -0.2) is 32.8 Å². The Hall–Kier alpha value is -3.24. The fraction of sp³-hybridized carbons (Fsp3) is 0.429. The predicted octanol–water partition coefficient (Wildman–Crippen LogP) is 1.24. The Morgan fingerprint density at radius 1 is 1.16 bits per heavy atom. The molecule has 11 nitrogen and oxygen atoms in total. The highest BCUT2D eigenvalue weighted by Crippen LogP contribution is 2.42. The van der Waals surface area contributed by atoms with Crippen molar-refractivity contribution in [3.8, 4) is 0 Å². The van der Waals surface area contributed by atoms with Crippen molar-refractivity contribution in [2.45, 2.75) is 37.8 Å². The fourth-order valence-corrected chi connectivity index (χ4v) is 3.64. The molecular formula is C14H16N8O3. The van der Waals surface area contributed by atoms with Crippen molar-refractivity contribution in [3.05, 3.63) is 22.2 Å². The second-order valence-electron chi connectivity index (χ2n) is 6.14. The average molecular weight is 344 g/mol. The normalized spacial score (nSPS) is 19.8. The summed E-state index contributed by atoms with van der Waals surface area (Å²) in [6.45, 7) is 0. The smallest absolute Gasteiger partial charge is 0.300 e. The molecule has 0 radical (unpaired) electrons. The number of nitrogens with zero attached hydrogens (tertiary/aromatic N) is 6. The van der Waals surface area contributed by atoms with E-state index >= 15 is 0 Å². The molecular weight excluding hydrogens is 328 g/mol. The largest absolute Gasteiger partial charge is 0.369 e. The molecule has 0 unspecified atom stereocenters. The van der Waals surface area contributed by atoms with Gasteiger partial charge in [-0.3, -0.25) is 15.0 Å². The van der Waals surface area contributed by atoms with Crippen LogP contribution in [0.25, 0.3) is 11.0 Å². The van der Waals surface area contributed by atoms with Gasteiger partial charge in [0.1, 0.15) is 5.66 Å². The van der Waals surface area contributed by atoms with Gasteiger partial charge >= 0.3 is 5.69 Å². The lowest BCUT2D eigenvalue weighted by atomic mass is 9.87. The van der Waals surface area contributed by atoms with Crippen molar-refractivity contribution < 1.29 is 9.55 Å². The van der Waals surface area contributed by atoms with Crippen LogP contribution in [0.2, 0.25) is 0 Å². The zero-order valence-electron chi connectivity index (χ0n) is 13.3. The van der Waals surface area contributed by atoms with Gasteiger partial charge in [0.05, 0.1) is 10.6 Å². The third-order valence-corrected chi connectivity index (χ3v) is 4.66. The van der Waals surface area contributed by atoms with E-state index in [1.165, 1.54) is 6.07 Å². The molecule has 4 rings (SSSR count). The molecule has 25 heavy (non-hydrogen) atoms. The Morgan fingerprint density at radius 2 is 1.88 bits per heavy atom. The quantitative estimate of drug-likeness (QED) is 0.607. The molecule has 2 aromatic rings. The molecule has 0 bridgehead atoms. The number of hydrogen-bond acceptors (Lipinski definition) is 10. The van der Waals surface area contributed by atoms with E-state index in [2.05, 4.69) is 20.3 Å². The van der Waals surface area contributed by atoms with Gasteiger partial charge in [-0.2, -0.15) is 4.99 Å². The second kappa shape index (κ2) is 5.40. The summed E-state index contributed by atoms with van der Waals surface area (Å²) < 4.78 is 4.75. The van der Waals surface area contributed by atoms with Gasteiger partial charge < -0.3 is 11.5 Å². The van der Waals surface area contributed by atoms with Crippen LogP contribution < -0.4 is 16.4 Å². The lowest BCUT2D eigenvalue weighted by Crippen LogP contribution is -2.58.